The molecule has 1 atom stereocenters. The third-order valence-electron chi connectivity index (χ3n) is 4.82. The van der Waals surface area contributed by atoms with Gasteiger partial charge in [0.2, 0.25) is 0 Å². The Morgan fingerprint density at radius 1 is 1.08 bits per heavy atom. The first-order valence-corrected chi connectivity index (χ1v) is 8.57. The van der Waals surface area contributed by atoms with Gasteiger partial charge in [0, 0.05) is 42.5 Å². The number of fused-ring (bicyclic) bond motifs is 1. The van der Waals surface area contributed by atoms with Gasteiger partial charge in [-0.2, -0.15) is 0 Å². The largest absolute Gasteiger partial charge is 0.391 e. The van der Waals surface area contributed by atoms with Gasteiger partial charge in [0.15, 0.2) is 0 Å². The van der Waals surface area contributed by atoms with Crippen LogP contribution in [0.4, 0.5) is 5.69 Å². The molecule has 0 radical (unpaired) electrons. The maximum absolute atomic E-state index is 12.7. The Balaban J connectivity index is 1.47. The molecule has 0 saturated carbocycles. The van der Waals surface area contributed by atoms with E-state index in [1.54, 1.807) is 0 Å². The highest BCUT2D eigenvalue weighted by Gasteiger charge is 2.25. The standard InChI is InChI=1S/C19H19ClN2O2/c20-16-4-1-14-10-22(11-15(14)9-16)19(24)13-2-5-17(6-3-13)21-8-7-18(23)12-21/h1-6,9,18,23H,7-8,10-12H2. The average molecular weight is 343 g/mol. The van der Waals surface area contributed by atoms with Crippen LogP contribution in [0.5, 0.6) is 0 Å². The molecular weight excluding hydrogens is 324 g/mol. The number of aliphatic hydroxyl groups excluding tert-OH is 1. The maximum atomic E-state index is 12.7. The second-order valence-electron chi connectivity index (χ2n) is 6.51. The highest BCUT2D eigenvalue weighted by molar-refractivity contribution is 6.30. The quantitative estimate of drug-likeness (QED) is 0.912. The molecule has 2 aromatic rings. The van der Waals surface area contributed by atoms with Crippen molar-refractivity contribution in [2.45, 2.75) is 25.6 Å². The average Bonchev–Trinajstić information content (AvgIpc) is 3.20. The molecule has 1 fully saturated rings. The van der Waals surface area contributed by atoms with E-state index in [1.807, 2.05) is 47.4 Å². The van der Waals surface area contributed by atoms with Crippen LogP contribution in [0.1, 0.15) is 27.9 Å². The van der Waals surface area contributed by atoms with Crippen molar-refractivity contribution in [3.05, 3.63) is 64.2 Å². The second-order valence-corrected chi connectivity index (χ2v) is 6.95. The highest BCUT2D eigenvalue weighted by Crippen LogP contribution is 2.27. The summed E-state index contributed by atoms with van der Waals surface area (Å²) >= 11 is 6.03. The number of carbonyl (C=O) groups excluding carboxylic acids is 1. The van der Waals surface area contributed by atoms with Gasteiger partial charge in [-0.25, -0.2) is 0 Å². The van der Waals surface area contributed by atoms with E-state index < -0.39 is 0 Å². The predicted molar refractivity (Wildman–Crippen MR) is 94.3 cm³/mol. The summed E-state index contributed by atoms with van der Waals surface area (Å²) in [6.45, 7) is 2.76. The summed E-state index contributed by atoms with van der Waals surface area (Å²) in [5.41, 5.74) is 4.03. The van der Waals surface area contributed by atoms with Crippen LogP contribution >= 0.6 is 11.6 Å². The third-order valence-corrected chi connectivity index (χ3v) is 5.06. The summed E-state index contributed by atoms with van der Waals surface area (Å²) in [6, 6.07) is 13.5. The normalized spacial score (nSPS) is 19.7. The summed E-state index contributed by atoms with van der Waals surface area (Å²) in [6.07, 6.45) is 0.552. The molecule has 2 aliphatic rings. The van der Waals surface area contributed by atoms with Crippen molar-refractivity contribution in [2.24, 2.45) is 0 Å². The fourth-order valence-corrected chi connectivity index (χ4v) is 3.68. The summed E-state index contributed by atoms with van der Waals surface area (Å²) in [7, 11) is 0. The molecule has 1 N–H and O–H groups in total. The van der Waals surface area contributed by atoms with E-state index in [2.05, 4.69) is 4.90 Å². The monoisotopic (exact) mass is 342 g/mol. The maximum Gasteiger partial charge on any atom is 0.254 e. The van der Waals surface area contributed by atoms with Crippen molar-refractivity contribution >= 4 is 23.2 Å². The molecule has 2 aromatic carbocycles. The Bertz CT molecular complexity index is 775. The van der Waals surface area contributed by atoms with Crippen LogP contribution in [0, 0.1) is 0 Å². The van der Waals surface area contributed by atoms with Crippen molar-refractivity contribution in [1.29, 1.82) is 0 Å². The zero-order valence-corrected chi connectivity index (χ0v) is 14.0. The van der Waals surface area contributed by atoms with Crippen molar-refractivity contribution in [1.82, 2.24) is 4.90 Å². The lowest BCUT2D eigenvalue weighted by molar-refractivity contribution is 0.0751. The van der Waals surface area contributed by atoms with Crippen LogP contribution in [0.15, 0.2) is 42.5 Å². The zero-order valence-electron chi connectivity index (χ0n) is 13.3. The lowest BCUT2D eigenvalue weighted by Crippen LogP contribution is -2.25. The lowest BCUT2D eigenvalue weighted by atomic mass is 10.1. The molecule has 2 heterocycles. The Morgan fingerprint density at radius 2 is 1.83 bits per heavy atom. The van der Waals surface area contributed by atoms with E-state index in [0.29, 0.717) is 30.2 Å². The fourth-order valence-electron chi connectivity index (χ4n) is 3.48. The van der Waals surface area contributed by atoms with E-state index in [9.17, 15) is 9.90 Å². The van der Waals surface area contributed by atoms with Gasteiger partial charge in [0.25, 0.3) is 5.91 Å². The van der Waals surface area contributed by atoms with Crippen molar-refractivity contribution in [3.8, 4) is 0 Å². The molecule has 4 nitrogen and oxygen atoms in total. The van der Waals surface area contributed by atoms with Gasteiger partial charge in [-0.3, -0.25) is 4.79 Å². The van der Waals surface area contributed by atoms with Gasteiger partial charge in [-0.05, 0) is 53.9 Å². The number of aliphatic hydroxyl groups is 1. The Kier molecular flexibility index (Phi) is 3.94. The minimum atomic E-state index is -0.249. The topological polar surface area (TPSA) is 43.8 Å². The molecule has 5 heteroatoms. The van der Waals surface area contributed by atoms with E-state index in [1.165, 1.54) is 0 Å². The number of anilines is 1. The molecule has 0 aromatic heterocycles. The number of hydrogen-bond acceptors (Lipinski definition) is 3. The van der Waals surface area contributed by atoms with Crippen molar-refractivity contribution < 1.29 is 9.90 Å². The molecule has 24 heavy (non-hydrogen) atoms. The third kappa shape index (κ3) is 2.87. The van der Waals surface area contributed by atoms with Gasteiger partial charge < -0.3 is 14.9 Å². The molecule has 0 spiro atoms. The molecule has 0 aliphatic carbocycles. The smallest absolute Gasteiger partial charge is 0.254 e. The SMILES string of the molecule is O=C(c1ccc(N2CCC(O)C2)cc1)N1Cc2ccc(Cl)cc2C1. The molecule has 1 saturated heterocycles. The molecule has 2 aliphatic heterocycles. The van der Waals surface area contributed by atoms with Crippen LogP contribution in [0.2, 0.25) is 5.02 Å². The second kappa shape index (κ2) is 6.11. The molecule has 4 rings (SSSR count). The van der Waals surface area contributed by atoms with Gasteiger partial charge in [-0.15, -0.1) is 0 Å². The first-order chi connectivity index (χ1) is 11.6. The first kappa shape index (κ1) is 15.5. The molecular formula is C19H19ClN2O2. The fraction of sp³-hybridized carbons (Fsp3) is 0.316. The number of nitrogens with zero attached hydrogens (tertiary/aromatic N) is 2. The summed E-state index contributed by atoms with van der Waals surface area (Å²) in [5, 5.41) is 10.3. The van der Waals surface area contributed by atoms with Gasteiger partial charge in [-0.1, -0.05) is 17.7 Å². The van der Waals surface area contributed by atoms with Crippen molar-refractivity contribution in [2.75, 3.05) is 18.0 Å². The number of rotatable bonds is 2. The lowest BCUT2D eigenvalue weighted by Gasteiger charge is -2.19. The molecule has 1 unspecified atom stereocenters. The number of halogens is 1. The summed E-state index contributed by atoms with van der Waals surface area (Å²) < 4.78 is 0. The van der Waals surface area contributed by atoms with E-state index in [0.717, 1.165) is 29.8 Å². The van der Waals surface area contributed by atoms with Crippen LogP contribution < -0.4 is 4.90 Å². The summed E-state index contributed by atoms with van der Waals surface area (Å²) in [5.74, 6) is 0.0373. The van der Waals surface area contributed by atoms with E-state index in [4.69, 9.17) is 11.6 Å². The Labute approximate surface area is 146 Å². The van der Waals surface area contributed by atoms with Crippen molar-refractivity contribution in [3.63, 3.8) is 0 Å². The number of carbonyl (C=O) groups is 1. The Morgan fingerprint density at radius 3 is 2.54 bits per heavy atom. The van der Waals surface area contributed by atoms with E-state index in [-0.39, 0.29) is 12.0 Å². The van der Waals surface area contributed by atoms with Crippen LogP contribution in [-0.2, 0) is 13.1 Å². The number of β-amino-alcohol motifs (C(OH)–C–C–N with tert-alkyl or cyclic N) is 1. The number of hydrogen-bond donors (Lipinski definition) is 1. The molecule has 124 valence electrons. The minimum Gasteiger partial charge on any atom is -0.391 e. The number of amides is 1. The van der Waals surface area contributed by atoms with Crippen LogP contribution in [0.25, 0.3) is 0 Å². The highest BCUT2D eigenvalue weighted by atomic mass is 35.5. The van der Waals surface area contributed by atoms with Gasteiger partial charge in [0.1, 0.15) is 0 Å². The molecule has 0 bridgehead atoms. The van der Waals surface area contributed by atoms with Gasteiger partial charge >= 0.3 is 0 Å². The molecule has 1 amide bonds. The Hall–Kier alpha value is -2.04. The van der Waals surface area contributed by atoms with Crippen LogP contribution in [-0.4, -0.2) is 35.1 Å². The number of benzene rings is 2. The first-order valence-electron chi connectivity index (χ1n) is 8.20. The predicted octanol–water partition coefficient (Wildman–Crippen LogP) is 3.07. The zero-order chi connectivity index (χ0) is 16.7. The van der Waals surface area contributed by atoms with E-state index >= 15 is 0 Å². The minimum absolute atomic E-state index is 0.0373. The summed E-state index contributed by atoms with van der Waals surface area (Å²) in [4.78, 5) is 16.7. The van der Waals surface area contributed by atoms with Gasteiger partial charge in [0.05, 0.1) is 6.10 Å². The van der Waals surface area contributed by atoms with Crippen LogP contribution in [0.3, 0.4) is 0 Å².